The minimum atomic E-state index is -1.35. The smallest absolute Gasteiger partial charge is 0.408 e. The number of alkyl carbamates (subject to hydrolysis) is 1. The third-order valence-corrected chi connectivity index (χ3v) is 8.63. The summed E-state index contributed by atoms with van der Waals surface area (Å²) in [5, 5.41) is 25.4. The quantitative estimate of drug-likeness (QED) is 0.249. The maximum Gasteiger partial charge on any atom is 0.408 e. The van der Waals surface area contributed by atoms with Crippen LogP contribution in [-0.2, 0) is 36.8 Å². The number of nitrogens with one attached hydrogen (secondary N) is 2. The van der Waals surface area contributed by atoms with Crippen LogP contribution in [0.25, 0.3) is 0 Å². The van der Waals surface area contributed by atoms with E-state index in [2.05, 4.69) is 10.6 Å². The molecule has 1 aliphatic rings. The minimum Gasteiger partial charge on any atom is -0.481 e. The number of carbonyl (C=O) groups excluding carboxylic acids is 4. The molecule has 12 nitrogen and oxygen atoms in total. The van der Waals surface area contributed by atoms with Gasteiger partial charge in [-0.05, 0) is 76.6 Å². The van der Waals surface area contributed by atoms with Gasteiger partial charge in [0.15, 0.2) is 0 Å². The van der Waals surface area contributed by atoms with Crippen LogP contribution in [0.5, 0.6) is 0 Å². The van der Waals surface area contributed by atoms with Crippen LogP contribution in [0.1, 0.15) is 58.1 Å². The van der Waals surface area contributed by atoms with Crippen molar-refractivity contribution in [1.29, 1.82) is 0 Å². The van der Waals surface area contributed by atoms with Crippen LogP contribution in [0.3, 0.4) is 0 Å². The fourth-order valence-electron chi connectivity index (χ4n) is 5.93. The van der Waals surface area contributed by atoms with E-state index in [9.17, 15) is 34.2 Å². The van der Waals surface area contributed by atoms with Crippen LogP contribution in [-0.4, -0.2) is 99.8 Å². The van der Waals surface area contributed by atoms with Gasteiger partial charge >= 0.3 is 12.1 Å². The molecular weight excluding hydrogens is 640 g/mol. The van der Waals surface area contributed by atoms with Gasteiger partial charge in [-0.1, -0.05) is 54.1 Å². The van der Waals surface area contributed by atoms with E-state index in [4.69, 9.17) is 16.3 Å². The number of nitrogens with zero attached hydrogens (tertiary/aromatic N) is 2. The lowest BCUT2D eigenvalue weighted by molar-refractivity contribution is -0.151. The number of amides is 4. The third-order valence-electron chi connectivity index (χ3n) is 8.37. The summed E-state index contributed by atoms with van der Waals surface area (Å²) in [5.41, 5.74) is -0.0712. The van der Waals surface area contributed by atoms with E-state index in [0.717, 1.165) is 11.1 Å². The normalized spacial score (nSPS) is 18.2. The zero-order chi connectivity index (χ0) is 35.6. The van der Waals surface area contributed by atoms with Gasteiger partial charge in [-0.15, -0.1) is 0 Å². The number of aliphatic hydroxyl groups is 1. The van der Waals surface area contributed by atoms with E-state index in [1.807, 2.05) is 42.5 Å². The molecule has 1 fully saturated rings. The molecule has 1 aliphatic heterocycles. The highest BCUT2D eigenvalue weighted by molar-refractivity contribution is 6.30. The average molecular weight is 687 g/mol. The summed E-state index contributed by atoms with van der Waals surface area (Å²) in [6.45, 7) is 6.24. The number of aliphatic hydroxyl groups excluding tert-OH is 1. The molecule has 1 heterocycles. The highest BCUT2D eigenvalue weighted by Gasteiger charge is 2.45. The molecule has 48 heavy (non-hydrogen) atoms. The van der Waals surface area contributed by atoms with Crippen molar-refractivity contribution < 1.29 is 38.9 Å². The van der Waals surface area contributed by atoms with Crippen LogP contribution < -0.4 is 10.6 Å². The summed E-state index contributed by atoms with van der Waals surface area (Å²) in [4.78, 5) is 68.1. The Hall–Kier alpha value is -4.16. The Morgan fingerprint density at radius 1 is 1.02 bits per heavy atom. The highest BCUT2D eigenvalue weighted by Crippen LogP contribution is 2.33. The standard InChI is InChI=1S/C35H47ClN4O8/c1-23(37-33(47)48-34(2,3)4)30(44)38-28(21-41)32(46)39(5)35(20-25-12-14-27(36)15-13-25)16-9-17-40(22-35)31(45)26(19-29(42)43)18-24-10-7-6-8-11-24/h6-8,10-15,23,26,28,41H,9,16-22H2,1-5H3,(H,37,47)(H,38,44)(H,42,43)/t23?,26?,28?,35-/m1/s1. The number of carbonyl (C=O) groups is 5. The number of carboxylic acid groups (broad SMARTS) is 1. The lowest BCUT2D eigenvalue weighted by atomic mass is 9.80. The van der Waals surface area contributed by atoms with Gasteiger partial charge < -0.3 is 35.4 Å². The molecule has 4 N–H and O–H groups in total. The molecule has 4 amide bonds. The molecule has 2 aromatic rings. The Labute approximate surface area is 286 Å². The van der Waals surface area contributed by atoms with Gasteiger partial charge in [0.2, 0.25) is 17.7 Å². The Kier molecular flexibility index (Phi) is 13.4. The van der Waals surface area contributed by atoms with E-state index in [0.29, 0.717) is 30.8 Å². The number of likely N-dealkylation sites (tertiary alicyclic amines) is 1. The SMILES string of the molecule is CC(NC(=O)OC(C)(C)C)C(=O)NC(CO)C(=O)N(C)[C@@]1(Cc2ccc(Cl)cc2)CCCN(C(=O)C(CC(=O)O)Cc2ccccc2)C1. The molecule has 4 atom stereocenters. The Bertz CT molecular complexity index is 1430. The maximum absolute atomic E-state index is 14.0. The molecule has 262 valence electrons. The average Bonchev–Trinajstić information content (AvgIpc) is 3.02. The predicted molar refractivity (Wildman–Crippen MR) is 180 cm³/mol. The first-order valence-electron chi connectivity index (χ1n) is 16.0. The molecule has 13 heteroatoms. The van der Waals surface area contributed by atoms with Crippen LogP contribution in [0.4, 0.5) is 4.79 Å². The Morgan fingerprint density at radius 3 is 2.25 bits per heavy atom. The van der Waals surface area contributed by atoms with Gasteiger partial charge in [0.1, 0.15) is 17.7 Å². The van der Waals surface area contributed by atoms with E-state index >= 15 is 0 Å². The highest BCUT2D eigenvalue weighted by atomic mass is 35.5. The predicted octanol–water partition coefficient (Wildman–Crippen LogP) is 3.43. The van der Waals surface area contributed by atoms with Gasteiger partial charge in [0.25, 0.3) is 0 Å². The Balaban J connectivity index is 1.87. The molecule has 0 saturated carbocycles. The van der Waals surface area contributed by atoms with Crippen LogP contribution in [0, 0.1) is 5.92 Å². The number of rotatable bonds is 13. The Morgan fingerprint density at radius 2 is 1.67 bits per heavy atom. The third kappa shape index (κ3) is 10.9. The fraction of sp³-hybridized carbons (Fsp3) is 0.514. The molecule has 0 bridgehead atoms. The number of piperidine rings is 1. The van der Waals surface area contributed by atoms with E-state index in [-0.39, 0.29) is 25.3 Å². The van der Waals surface area contributed by atoms with Gasteiger partial charge in [0.05, 0.1) is 24.5 Å². The van der Waals surface area contributed by atoms with Crippen LogP contribution in [0.15, 0.2) is 54.6 Å². The molecule has 1 saturated heterocycles. The van der Waals surface area contributed by atoms with Crippen molar-refractivity contribution in [2.24, 2.45) is 5.92 Å². The number of halogens is 1. The second-order valence-electron chi connectivity index (χ2n) is 13.4. The van der Waals surface area contributed by atoms with Gasteiger partial charge in [0, 0.05) is 25.2 Å². The second kappa shape index (κ2) is 16.8. The largest absolute Gasteiger partial charge is 0.481 e. The molecular formula is C35H47ClN4O8. The molecule has 0 aliphatic carbocycles. The summed E-state index contributed by atoms with van der Waals surface area (Å²) in [6.07, 6.45) is 0.423. The number of likely N-dealkylation sites (N-methyl/N-ethyl adjacent to an activating group) is 1. The summed E-state index contributed by atoms with van der Waals surface area (Å²) < 4.78 is 5.20. The van der Waals surface area contributed by atoms with E-state index in [1.54, 1.807) is 44.9 Å². The lowest BCUT2D eigenvalue weighted by Crippen LogP contribution is -2.65. The van der Waals surface area contributed by atoms with Gasteiger partial charge in [-0.3, -0.25) is 19.2 Å². The first kappa shape index (κ1) is 38.3. The molecule has 3 rings (SSSR count). The van der Waals surface area contributed by atoms with Crippen molar-refractivity contribution in [3.8, 4) is 0 Å². The molecule has 0 spiro atoms. The summed E-state index contributed by atoms with van der Waals surface area (Å²) in [5.74, 6) is -3.52. The second-order valence-corrected chi connectivity index (χ2v) is 13.8. The maximum atomic E-state index is 14.0. The van der Waals surface area contributed by atoms with Crippen molar-refractivity contribution in [1.82, 2.24) is 20.4 Å². The minimum absolute atomic E-state index is 0.101. The van der Waals surface area contributed by atoms with Gasteiger partial charge in [-0.25, -0.2) is 4.79 Å². The lowest BCUT2D eigenvalue weighted by Gasteiger charge is -2.49. The van der Waals surface area contributed by atoms with Crippen molar-refractivity contribution in [3.63, 3.8) is 0 Å². The van der Waals surface area contributed by atoms with Crippen molar-refractivity contribution in [2.75, 3.05) is 26.7 Å². The summed E-state index contributed by atoms with van der Waals surface area (Å²) in [6, 6.07) is 13.9. The van der Waals surface area contributed by atoms with Crippen LogP contribution in [0.2, 0.25) is 5.02 Å². The molecule has 0 radical (unpaired) electrons. The van der Waals surface area contributed by atoms with Crippen LogP contribution >= 0.6 is 11.6 Å². The summed E-state index contributed by atoms with van der Waals surface area (Å²) in [7, 11) is 1.57. The topological polar surface area (TPSA) is 166 Å². The van der Waals surface area contributed by atoms with Crippen molar-refractivity contribution in [2.45, 2.75) is 83.0 Å². The number of ether oxygens (including phenoxy) is 1. The van der Waals surface area contributed by atoms with E-state index < -0.39 is 59.6 Å². The van der Waals surface area contributed by atoms with E-state index in [1.165, 1.54) is 11.8 Å². The van der Waals surface area contributed by atoms with Crippen molar-refractivity contribution in [3.05, 3.63) is 70.7 Å². The fourth-order valence-corrected chi connectivity index (χ4v) is 6.06. The first-order chi connectivity index (χ1) is 22.5. The number of aliphatic carboxylic acids is 1. The van der Waals surface area contributed by atoms with Gasteiger partial charge in [-0.2, -0.15) is 0 Å². The van der Waals surface area contributed by atoms with Crippen molar-refractivity contribution >= 4 is 41.4 Å². The molecule has 2 aromatic carbocycles. The monoisotopic (exact) mass is 686 g/mol. The first-order valence-corrected chi connectivity index (χ1v) is 16.4. The zero-order valence-corrected chi connectivity index (χ0v) is 29.0. The number of benzene rings is 2. The number of hydrogen-bond acceptors (Lipinski definition) is 7. The summed E-state index contributed by atoms with van der Waals surface area (Å²) >= 11 is 6.14. The number of carboxylic acids is 1. The molecule has 3 unspecified atom stereocenters. The zero-order valence-electron chi connectivity index (χ0n) is 28.2. The molecule has 0 aromatic heterocycles. The number of hydrogen-bond donors (Lipinski definition) is 4.